The molecule has 1 aliphatic rings. The number of rotatable bonds is 2. The fourth-order valence-corrected chi connectivity index (χ4v) is 2.96. The zero-order chi connectivity index (χ0) is 22.3. The number of amides is 2. The summed E-state index contributed by atoms with van der Waals surface area (Å²) < 4.78 is 84.3. The van der Waals surface area contributed by atoms with Crippen molar-refractivity contribution in [3.63, 3.8) is 0 Å². The minimum Gasteiger partial charge on any atom is -0.477 e. The lowest BCUT2D eigenvalue weighted by Crippen LogP contribution is -2.50. The predicted octanol–water partition coefficient (Wildman–Crippen LogP) is 3.88. The summed E-state index contributed by atoms with van der Waals surface area (Å²) in [5.41, 5.74) is -3.91. The van der Waals surface area contributed by atoms with Crippen molar-refractivity contribution >= 4 is 17.5 Å². The van der Waals surface area contributed by atoms with E-state index in [0.29, 0.717) is 12.1 Å². The molecule has 0 bridgehead atoms. The molecule has 3 rings (SSSR count). The molecule has 1 N–H and O–H groups in total. The van der Waals surface area contributed by atoms with Gasteiger partial charge in [0, 0.05) is 12.6 Å². The number of carbonyl (C=O) groups is 2. The number of fused-ring (bicyclic) bond motifs is 1. The minimum absolute atomic E-state index is 0.0582. The van der Waals surface area contributed by atoms with Crippen molar-refractivity contribution in [3.05, 3.63) is 59.2 Å². The molecule has 0 fully saturated rings. The van der Waals surface area contributed by atoms with E-state index in [1.807, 2.05) is 0 Å². The van der Waals surface area contributed by atoms with Crippen LogP contribution in [0.15, 0.2) is 42.5 Å². The Kier molecular flexibility index (Phi) is 5.40. The monoisotopic (exact) mass is 432 g/mol. The fourth-order valence-electron chi connectivity index (χ4n) is 2.96. The van der Waals surface area contributed by atoms with E-state index in [4.69, 9.17) is 4.74 Å². The van der Waals surface area contributed by atoms with Gasteiger partial charge in [0.25, 0.3) is 11.8 Å². The Hall–Kier alpha value is -3.24. The Morgan fingerprint density at radius 1 is 1.00 bits per heavy atom. The van der Waals surface area contributed by atoms with Gasteiger partial charge in [0.2, 0.25) is 0 Å². The maximum atomic E-state index is 13.1. The van der Waals surface area contributed by atoms with Crippen molar-refractivity contribution in [2.45, 2.75) is 18.5 Å². The molecule has 0 saturated carbocycles. The van der Waals surface area contributed by atoms with Crippen molar-refractivity contribution in [1.29, 1.82) is 0 Å². The van der Waals surface area contributed by atoms with Crippen LogP contribution in [0.1, 0.15) is 21.5 Å². The molecule has 2 aromatic carbocycles. The molecule has 11 heteroatoms. The van der Waals surface area contributed by atoms with E-state index in [2.05, 4.69) is 5.32 Å². The first-order chi connectivity index (χ1) is 13.9. The molecule has 1 aliphatic heterocycles. The zero-order valence-corrected chi connectivity index (χ0v) is 15.3. The van der Waals surface area contributed by atoms with Gasteiger partial charge in [0.05, 0.1) is 23.4 Å². The van der Waals surface area contributed by atoms with Crippen LogP contribution in [0, 0.1) is 0 Å². The first-order valence-corrected chi connectivity index (χ1v) is 8.50. The Morgan fingerprint density at radius 2 is 1.57 bits per heavy atom. The third kappa shape index (κ3) is 4.19. The lowest BCUT2D eigenvalue weighted by Gasteiger charge is -2.34. The van der Waals surface area contributed by atoms with Crippen LogP contribution in [-0.2, 0) is 17.1 Å². The van der Waals surface area contributed by atoms with E-state index in [1.54, 1.807) is 6.07 Å². The average molecular weight is 432 g/mol. The Labute approximate surface area is 166 Å². The summed E-state index contributed by atoms with van der Waals surface area (Å²) in [7, 11) is 1.32. The maximum Gasteiger partial charge on any atom is 0.416 e. The first-order valence-electron chi connectivity index (χ1n) is 8.50. The van der Waals surface area contributed by atoms with Gasteiger partial charge in [0.15, 0.2) is 6.10 Å². The summed E-state index contributed by atoms with van der Waals surface area (Å²) >= 11 is 0. The predicted molar refractivity (Wildman–Crippen MR) is 93.0 cm³/mol. The van der Waals surface area contributed by atoms with Crippen molar-refractivity contribution in [2.24, 2.45) is 0 Å². The second-order valence-corrected chi connectivity index (χ2v) is 6.40. The smallest absolute Gasteiger partial charge is 0.416 e. The Balaban J connectivity index is 2.10. The molecule has 1 heterocycles. The summed E-state index contributed by atoms with van der Waals surface area (Å²) in [6.45, 7) is -0.396. The van der Waals surface area contributed by atoms with Crippen molar-refractivity contribution in [1.82, 2.24) is 5.32 Å². The van der Waals surface area contributed by atoms with Gasteiger partial charge in [-0.25, -0.2) is 0 Å². The molecule has 0 radical (unpaired) electrons. The number of halogens is 6. The maximum absolute atomic E-state index is 13.1. The number of hydrogen-bond donors (Lipinski definition) is 1. The number of benzene rings is 2. The first kappa shape index (κ1) is 21.5. The van der Waals surface area contributed by atoms with Gasteiger partial charge in [-0.2, -0.15) is 26.3 Å². The molecule has 0 spiro atoms. The highest BCUT2D eigenvalue weighted by Gasteiger charge is 2.39. The molecule has 0 unspecified atom stereocenters. The summed E-state index contributed by atoms with van der Waals surface area (Å²) in [5, 5.41) is 2.32. The quantitative estimate of drug-likeness (QED) is 0.733. The van der Waals surface area contributed by atoms with Crippen LogP contribution in [0.25, 0.3) is 0 Å². The highest BCUT2D eigenvalue weighted by atomic mass is 19.4. The van der Waals surface area contributed by atoms with E-state index in [0.717, 1.165) is 4.90 Å². The highest BCUT2D eigenvalue weighted by molar-refractivity contribution is 6.08. The summed E-state index contributed by atoms with van der Waals surface area (Å²) in [6, 6.07) is 6.53. The zero-order valence-electron chi connectivity index (χ0n) is 15.3. The highest BCUT2D eigenvalue weighted by Crippen LogP contribution is 2.38. The van der Waals surface area contributed by atoms with Crippen LogP contribution >= 0.6 is 0 Å². The van der Waals surface area contributed by atoms with E-state index < -0.39 is 53.5 Å². The lowest BCUT2D eigenvalue weighted by atomic mass is 10.0. The molecule has 1 atom stereocenters. The second-order valence-electron chi connectivity index (χ2n) is 6.40. The standard InChI is InChI=1S/C19H14F6N2O3/c1-26-16(28)15-9-27(13-4-2-3-5-14(13)30-15)17(29)10-6-11(18(20,21)22)8-12(7-10)19(23,24)25/h2-8,15H,9H2,1H3,(H,26,28)/t15-/m0/s1. The normalized spacial score (nSPS) is 16.5. The van der Waals surface area contributed by atoms with Crippen LogP contribution in [0.5, 0.6) is 5.75 Å². The summed E-state index contributed by atoms with van der Waals surface area (Å²) in [6.07, 6.45) is -11.4. The van der Waals surface area contributed by atoms with E-state index in [9.17, 15) is 35.9 Å². The van der Waals surface area contributed by atoms with Crippen LogP contribution in [0.4, 0.5) is 32.0 Å². The van der Waals surface area contributed by atoms with Gasteiger partial charge in [-0.15, -0.1) is 0 Å². The number of para-hydroxylation sites is 2. The Morgan fingerprint density at radius 3 is 2.10 bits per heavy atom. The Bertz CT molecular complexity index is 955. The molecular formula is C19H14F6N2O3. The topological polar surface area (TPSA) is 58.6 Å². The van der Waals surface area contributed by atoms with Crippen LogP contribution in [-0.4, -0.2) is 31.5 Å². The molecule has 0 aromatic heterocycles. The van der Waals surface area contributed by atoms with E-state index in [1.165, 1.54) is 25.2 Å². The third-order valence-corrected chi connectivity index (χ3v) is 4.39. The van der Waals surface area contributed by atoms with Crippen LogP contribution < -0.4 is 15.0 Å². The number of carbonyl (C=O) groups excluding carboxylic acids is 2. The molecule has 5 nitrogen and oxygen atoms in total. The van der Waals surface area contributed by atoms with Crippen LogP contribution in [0.2, 0.25) is 0 Å². The van der Waals surface area contributed by atoms with Gasteiger partial charge < -0.3 is 15.0 Å². The number of ether oxygens (including phenoxy) is 1. The van der Waals surface area contributed by atoms with Gasteiger partial charge >= 0.3 is 12.4 Å². The van der Waals surface area contributed by atoms with Gasteiger partial charge in [-0.05, 0) is 30.3 Å². The third-order valence-electron chi connectivity index (χ3n) is 4.39. The van der Waals surface area contributed by atoms with E-state index in [-0.39, 0.29) is 17.5 Å². The molecule has 0 saturated heterocycles. The molecular weight excluding hydrogens is 418 g/mol. The fraction of sp³-hybridized carbons (Fsp3) is 0.263. The average Bonchev–Trinajstić information content (AvgIpc) is 2.70. The number of nitrogens with zero attached hydrogens (tertiary/aromatic N) is 1. The van der Waals surface area contributed by atoms with Gasteiger partial charge in [-0.1, -0.05) is 12.1 Å². The minimum atomic E-state index is -5.09. The molecule has 160 valence electrons. The molecule has 2 amide bonds. The van der Waals surface area contributed by atoms with E-state index >= 15 is 0 Å². The number of likely N-dealkylation sites (N-methyl/N-ethyl adjacent to an activating group) is 1. The molecule has 0 aliphatic carbocycles. The molecule has 2 aromatic rings. The number of alkyl halides is 6. The lowest BCUT2D eigenvalue weighted by molar-refractivity contribution is -0.143. The number of nitrogens with one attached hydrogen (secondary N) is 1. The van der Waals surface area contributed by atoms with Crippen molar-refractivity contribution in [2.75, 3.05) is 18.5 Å². The summed E-state index contributed by atoms with van der Waals surface area (Å²) in [4.78, 5) is 25.9. The molecule has 30 heavy (non-hydrogen) atoms. The SMILES string of the molecule is CNC(=O)[C@@H]1CN(C(=O)c2cc(C(F)(F)F)cc(C(F)(F)F)c2)c2ccccc2O1. The number of anilines is 1. The summed E-state index contributed by atoms with van der Waals surface area (Å²) in [5.74, 6) is -1.65. The van der Waals surface area contributed by atoms with Gasteiger partial charge in [-0.3, -0.25) is 9.59 Å². The second kappa shape index (κ2) is 7.54. The van der Waals surface area contributed by atoms with Crippen molar-refractivity contribution in [3.8, 4) is 5.75 Å². The largest absolute Gasteiger partial charge is 0.477 e. The van der Waals surface area contributed by atoms with Crippen LogP contribution in [0.3, 0.4) is 0 Å². The number of hydrogen-bond acceptors (Lipinski definition) is 3. The van der Waals surface area contributed by atoms with Gasteiger partial charge in [0.1, 0.15) is 5.75 Å². The van der Waals surface area contributed by atoms with Crippen molar-refractivity contribution < 1.29 is 40.7 Å².